The van der Waals surface area contributed by atoms with Crippen LogP contribution in [0.25, 0.3) is 0 Å². The molecule has 1 aromatic carbocycles. The summed E-state index contributed by atoms with van der Waals surface area (Å²) in [5.74, 6) is -0.255. The first-order valence-corrected chi connectivity index (χ1v) is 5.94. The quantitative estimate of drug-likeness (QED) is 0.730. The first-order valence-electron chi connectivity index (χ1n) is 5.94. The van der Waals surface area contributed by atoms with Crippen molar-refractivity contribution >= 4 is 5.97 Å². The molecular formula is C14H16O3. The summed E-state index contributed by atoms with van der Waals surface area (Å²) >= 11 is 0. The molecule has 3 unspecified atom stereocenters. The lowest BCUT2D eigenvalue weighted by molar-refractivity contribution is -0.154. The van der Waals surface area contributed by atoms with E-state index in [4.69, 9.17) is 9.47 Å². The number of carbonyl (C=O) groups excluding carboxylic acids is 1. The van der Waals surface area contributed by atoms with Crippen LogP contribution in [0, 0.1) is 12.8 Å². The van der Waals surface area contributed by atoms with Crippen molar-refractivity contribution in [3.8, 4) is 0 Å². The van der Waals surface area contributed by atoms with Crippen molar-refractivity contribution < 1.29 is 14.3 Å². The number of carbonyl (C=O) groups is 1. The molecule has 0 aromatic heterocycles. The Morgan fingerprint density at radius 2 is 2.12 bits per heavy atom. The Balaban J connectivity index is 1.96. The highest BCUT2D eigenvalue weighted by molar-refractivity contribution is 5.78. The third-order valence-electron chi connectivity index (χ3n) is 4.17. The molecule has 0 N–H and O–H groups in total. The van der Waals surface area contributed by atoms with Gasteiger partial charge in [-0.3, -0.25) is 4.79 Å². The largest absolute Gasteiger partial charge is 0.469 e. The van der Waals surface area contributed by atoms with E-state index in [0.29, 0.717) is 6.61 Å². The molecule has 1 aliphatic carbocycles. The second kappa shape index (κ2) is 3.57. The van der Waals surface area contributed by atoms with E-state index in [1.807, 2.05) is 0 Å². The van der Waals surface area contributed by atoms with Gasteiger partial charge in [-0.05, 0) is 18.9 Å². The summed E-state index contributed by atoms with van der Waals surface area (Å²) in [6.07, 6.45) is 0.999. The fraction of sp³-hybridized carbons (Fsp3) is 0.500. The fourth-order valence-corrected chi connectivity index (χ4v) is 3.13. The average Bonchev–Trinajstić information content (AvgIpc) is 2.89. The van der Waals surface area contributed by atoms with Gasteiger partial charge in [-0.1, -0.05) is 29.8 Å². The lowest BCUT2D eigenvalue weighted by Gasteiger charge is -2.43. The molecule has 4 rings (SSSR count). The van der Waals surface area contributed by atoms with E-state index in [1.165, 1.54) is 18.2 Å². The van der Waals surface area contributed by atoms with Crippen molar-refractivity contribution in [2.45, 2.75) is 24.9 Å². The molecule has 1 saturated carbocycles. The number of ether oxygens (including phenoxy) is 2. The topological polar surface area (TPSA) is 35.5 Å². The van der Waals surface area contributed by atoms with E-state index in [-0.39, 0.29) is 23.4 Å². The number of esters is 1. The minimum atomic E-state index is -0.140. The molecule has 2 saturated heterocycles. The minimum absolute atomic E-state index is 0.0590. The van der Waals surface area contributed by atoms with E-state index >= 15 is 0 Å². The van der Waals surface area contributed by atoms with Crippen LogP contribution in [0.15, 0.2) is 24.3 Å². The van der Waals surface area contributed by atoms with Gasteiger partial charge in [0.1, 0.15) is 0 Å². The number of rotatable bonds is 2. The fourth-order valence-electron chi connectivity index (χ4n) is 3.13. The number of hydrogen-bond acceptors (Lipinski definition) is 3. The van der Waals surface area contributed by atoms with Crippen LogP contribution >= 0.6 is 0 Å². The zero-order valence-corrected chi connectivity index (χ0v) is 10.1. The van der Waals surface area contributed by atoms with E-state index in [1.54, 1.807) is 0 Å². The molecule has 3 heteroatoms. The molecule has 2 aliphatic heterocycles. The Kier molecular flexibility index (Phi) is 2.26. The normalized spacial score (nSPS) is 34.2. The van der Waals surface area contributed by atoms with E-state index < -0.39 is 0 Å². The third-order valence-corrected chi connectivity index (χ3v) is 4.17. The summed E-state index contributed by atoms with van der Waals surface area (Å²) < 4.78 is 10.5. The zero-order chi connectivity index (χ0) is 12.0. The van der Waals surface area contributed by atoms with Crippen LogP contribution in [-0.2, 0) is 19.7 Å². The van der Waals surface area contributed by atoms with Crippen LogP contribution in [-0.4, -0.2) is 25.8 Å². The smallest absolute Gasteiger partial charge is 0.312 e. The summed E-state index contributed by atoms with van der Waals surface area (Å²) in [4.78, 5) is 11.8. The molecule has 3 nitrogen and oxygen atoms in total. The van der Waals surface area contributed by atoms with E-state index in [2.05, 4.69) is 31.2 Å². The standard InChI is InChI=1S/C14H16O3/c1-9-3-5-10(6-4-9)14-7-11(17-8-14)12(14)13(15)16-2/h3-6,11-12H,7-8H2,1-2H3. The van der Waals surface area contributed by atoms with Crippen LogP contribution in [0.3, 0.4) is 0 Å². The van der Waals surface area contributed by atoms with Gasteiger partial charge < -0.3 is 9.47 Å². The summed E-state index contributed by atoms with van der Waals surface area (Å²) in [6.45, 7) is 2.70. The maximum Gasteiger partial charge on any atom is 0.312 e. The molecule has 3 fully saturated rings. The van der Waals surface area contributed by atoms with E-state index in [0.717, 1.165) is 6.42 Å². The predicted octanol–water partition coefficient (Wildman–Crippen LogP) is 1.82. The highest BCUT2D eigenvalue weighted by Crippen LogP contribution is 2.56. The zero-order valence-electron chi connectivity index (χ0n) is 10.1. The lowest BCUT2D eigenvalue weighted by Crippen LogP contribution is -2.52. The highest BCUT2D eigenvalue weighted by Gasteiger charge is 2.65. The Labute approximate surface area is 101 Å². The average molecular weight is 232 g/mol. The second-order valence-electron chi connectivity index (χ2n) is 5.08. The SMILES string of the molecule is COC(=O)C1C2CC1(c1ccc(C)cc1)CO2. The second-order valence-corrected chi connectivity index (χ2v) is 5.08. The molecule has 2 heterocycles. The summed E-state index contributed by atoms with van der Waals surface area (Å²) in [5, 5.41) is 0. The molecular weight excluding hydrogens is 216 g/mol. The molecule has 0 radical (unpaired) electrons. The number of hydrogen-bond donors (Lipinski definition) is 0. The van der Waals surface area contributed by atoms with Crippen molar-refractivity contribution in [2.24, 2.45) is 5.92 Å². The van der Waals surface area contributed by atoms with Gasteiger partial charge in [0, 0.05) is 5.41 Å². The number of benzene rings is 1. The number of aryl methyl sites for hydroxylation is 1. The Morgan fingerprint density at radius 1 is 1.41 bits per heavy atom. The Morgan fingerprint density at radius 3 is 2.71 bits per heavy atom. The van der Waals surface area contributed by atoms with Crippen molar-refractivity contribution in [3.05, 3.63) is 35.4 Å². The molecule has 1 aromatic rings. The molecule has 2 bridgehead atoms. The van der Waals surface area contributed by atoms with Crippen LogP contribution in [0.2, 0.25) is 0 Å². The molecule has 3 aliphatic rings. The first kappa shape index (κ1) is 10.8. The molecule has 3 atom stereocenters. The van der Waals surface area contributed by atoms with Crippen LogP contribution in [0.4, 0.5) is 0 Å². The van der Waals surface area contributed by atoms with E-state index in [9.17, 15) is 4.79 Å². The van der Waals surface area contributed by atoms with Crippen molar-refractivity contribution in [2.75, 3.05) is 13.7 Å². The van der Waals surface area contributed by atoms with Gasteiger partial charge >= 0.3 is 5.97 Å². The van der Waals surface area contributed by atoms with Gasteiger partial charge in [0.2, 0.25) is 0 Å². The van der Waals surface area contributed by atoms with Gasteiger partial charge in [0.05, 0.1) is 25.7 Å². The van der Waals surface area contributed by atoms with Gasteiger partial charge in [0.25, 0.3) is 0 Å². The predicted molar refractivity (Wildman–Crippen MR) is 62.7 cm³/mol. The molecule has 0 amide bonds. The van der Waals surface area contributed by atoms with Gasteiger partial charge in [-0.25, -0.2) is 0 Å². The summed E-state index contributed by atoms with van der Waals surface area (Å²) in [5.41, 5.74) is 2.30. The van der Waals surface area contributed by atoms with Crippen molar-refractivity contribution in [1.82, 2.24) is 0 Å². The number of fused-ring (bicyclic) bond motifs is 1. The summed E-state index contributed by atoms with van der Waals surface area (Å²) in [7, 11) is 1.45. The van der Waals surface area contributed by atoms with Crippen LogP contribution < -0.4 is 0 Å². The van der Waals surface area contributed by atoms with Gasteiger partial charge in [-0.15, -0.1) is 0 Å². The summed E-state index contributed by atoms with van der Waals surface area (Å²) in [6, 6.07) is 8.39. The monoisotopic (exact) mass is 232 g/mol. The highest BCUT2D eigenvalue weighted by atomic mass is 16.5. The molecule has 90 valence electrons. The van der Waals surface area contributed by atoms with Gasteiger partial charge in [0.15, 0.2) is 0 Å². The first-order chi connectivity index (χ1) is 8.17. The maximum atomic E-state index is 11.8. The van der Waals surface area contributed by atoms with Crippen molar-refractivity contribution in [1.29, 1.82) is 0 Å². The van der Waals surface area contributed by atoms with Crippen LogP contribution in [0.5, 0.6) is 0 Å². The number of methoxy groups -OCH3 is 1. The third kappa shape index (κ3) is 1.35. The van der Waals surface area contributed by atoms with Gasteiger partial charge in [-0.2, -0.15) is 0 Å². The molecule has 0 spiro atoms. The lowest BCUT2D eigenvalue weighted by atomic mass is 9.57. The maximum absolute atomic E-state index is 11.8. The van der Waals surface area contributed by atoms with Crippen molar-refractivity contribution in [3.63, 3.8) is 0 Å². The minimum Gasteiger partial charge on any atom is -0.469 e. The Bertz CT molecular complexity index is 447. The van der Waals surface area contributed by atoms with Crippen LogP contribution in [0.1, 0.15) is 17.5 Å². The molecule has 17 heavy (non-hydrogen) atoms. The Hall–Kier alpha value is -1.35.